The van der Waals surface area contributed by atoms with E-state index in [-0.39, 0.29) is 43.8 Å². The summed E-state index contributed by atoms with van der Waals surface area (Å²) in [5, 5.41) is 3.47. The van der Waals surface area contributed by atoms with Crippen molar-refractivity contribution in [3.05, 3.63) is 101 Å². The van der Waals surface area contributed by atoms with Crippen LogP contribution < -0.4 is 9.62 Å². The van der Waals surface area contributed by atoms with Crippen LogP contribution in [0.1, 0.15) is 43.4 Å². The molecule has 0 unspecified atom stereocenters. The van der Waals surface area contributed by atoms with Crippen molar-refractivity contribution in [3.8, 4) is 0 Å². The fraction of sp³-hybridized carbons (Fsp3) is 0.355. The minimum atomic E-state index is -3.57. The standard InChI is InChI=1S/C31H38ClN3O4S/c1-23(2)33-31(37)29(21-25-14-6-5-7-15-25)34(22-26-16-9-10-17-27(26)32)30(36)19-12-20-35(40(4,38)39)28-18-11-8-13-24(28)3/h5-11,13-18,23,29H,12,19-22H2,1-4H3,(H,33,37)/t29-/m0/s1. The highest BCUT2D eigenvalue weighted by Gasteiger charge is 2.31. The van der Waals surface area contributed by atoms with Crippen molar-refractivity contribution < 1.29 is 18.0 Å². The van der Waals surface area contributed by atoms with Crippen molar-refractivity contribution in [2.75, 3.05) is 17.1 Å². The van der Waals surface area contributed by atoms with E-state index in [9.17, 15) is 18.0 Å². The number of nitrogens with one attached hydrogen (secondary N) is 1. The lowest BCUT2D eigenvalue weighted by atomic mass is 10.0. The topological polar surface area (TPSA) is 86.8 Å². The Morgan fingerprint density at radius 3 is 2.17 bits per heavy atom. The van der Waals surface area contributed by atoms with E-state index in [1.165, 1.54) is 4.31 Å². The third-order valence-electron chi connectivity index (χ3n) is 6.54. The fourth-order valence-electron chi connectivity index (χ4n) is 4.57. The quantitative estimate of drug-likeness (QED) is 0.293. The van der Waals surface area contributed by atoms with Crippen molar-refractivity contribution in [3.63, 3.8) is 0 Å². The maximum Gasteiger partial charge on any atom is 0.243 e. The lowest BCUT2D eigenvalue weighted by Crippen LogP contribution is -2.51. The van der Waals surface area contributed by atoms with Gasteiger partial charge in [0.1, 0.15) is 6.04 Å². The van der Waals surface area contributed by atoms with E-state index in [0.717, 1.165) is 22.9 Å². The molecule has 40 heavy (non-hydrogen) atoms. The average molecular weight is 584 g/mol. The molecule has 0 spiro atoms. The Bertz CT molecular complexity index is 1400. The molecular weight excluding hydrogens is 546 g/mol. The highest BCUT2D eigenvalue weighted by molar-refractivity contribution is 7.92. The summed E-state index contributed by atoms with van der Waals surface area (Å²) in [6.45, 7) is 5.89. The molecule has 0 aliphatic rings. The fourth-order valence-corrected chi connectivity index (χ4v) is 5.79. The molecule has 7 nitrogen and oxygen atoms in total. The Morgan fingerprint density at radius 1 is 0.925 bits per heavy atom. The van der Waals surface area contributed by atoms with Crippen molar-refractivity contribution in [1.29, 1.82) is 0 Å². The van der Waals surface area contributed by atoms with Gasteiger partial charge in [0, 0.05) is 37.0 Å². The van der Waals surface area contributed by atoms with Crippen LogP contribution in [-0.2, 0) is 32.6 Å². The minimum Gasteiger partial charge on any atom is -0.352 e. The maximum absolute atomic E-state index is 13.9. The molecule has 3 aromatic carbocycles. The molecule has 2 amide bonds. The number of halogens is 1. The normalized spacial score (nSPS) is 12.2. The van der Waals surface area contributed by atoms with Crippen LogP contribution in [0.4, 0.5) is 5.69 Å². The zero-order valence-electron chi connectivity index (χ0n) is 23.5. The molecule has 0 aliphatic carbocycles. The van der Waals surface area contributed by atoms with Gasteiger partial charge < -0.3 is 10.2 Å². The van der Waals surface area contributed by atoms with Gasteiger partial charge in [-0.1, -0.05) is 78.3 Å². The van der Waals surface area contributed by atoms with Crippen molar-refractivity contribution >= 4 is 39.1 Å². The number of amides is 2. The maximum atomic E-state index is 13.9. The third-order valence-corrected chi connectivity index (χ3v) is 8.09. The van der Waals surface area contributed by atoms with Crippen LogP contribution in [0.3, 0.4) is 0 Å². The van der Waals surface area contributed by atoms with Crippen LogP contribution >= 0.6 is 11.6 Å². The van der Waals surface area contributed by atoms with E-state index in [0.29, 0.717) is 17.1 Å². The third kappa shape index (κ3) is 8.83. The summed E-state index contributed by atoms with van der Waals surface area (Å²) in [5.41, 5.74) is 3.06. The molecule has 0 heterocycles. The first-order chi connectivity index (χ1) is 19.0. The Kier molecular flexibility index (Phi) is 11.2. The van der Waals surface area contributed by atoms with Crippen LogP contribution in [0, 0.1) is 6.92 Å². The molecule has 3 aromatic rings. The summed E-state index contributed by atoms with van der Waals surface area (Å²) in [5.74, 6) is -0.505. The van der Waals surface area contributed by atoms with Gasteiger partial charge in [0.25, 0.3) is 0 Å². The zero-order valence-corrected chi connectivity index (χ0v) is 25.1. The Balaban J connectivity index is 1.90. The number of anilines is 1. The molecule has 0 radical (unpaired) electrons. The lowest BCUT2D eigenvalue weighted by molar-refractivity contribution is -0.141. The summed E-state index contributed by atoms with van der Waals surface area (Å²) in [4.78, 5) is 28.9. The number of carbonyl (C=O) groups is 2. The number of hydrogen-bond donors (Lipinski definition) is 1. The molecule has 1 N–H and O–H groups in total. The summed E-state index contributed by atoms with van der Waals surface area (Å²) in [6.07, 6.45) is 1.83. The predicted octanol–water partition coefficient (Wildman–Crippen LogP) is 5.36. The van der Waals surface area contributed by atoms with Crippen LogP contribution in [0.5, 0.6) is 0 Å². The van der Waals surface area contributed by atoms with E-state index < -0.39 is 16.1 Å². The summed E-state index contributed by atoms with van der Waals surface area (Å²) in [7, 11) is -3.57. The number of carbonyl (C=O) groups excluding carboxylic acids is 2. The Hall–Kier alpha value is -3.36. The number of aryl methyl sites for hydroxylation is 1. The van der Waals surface area contributed by atoms with Gasteiger partial charge in [-0.2, -0.15) is 0 Å². The highest BCUT2D eigenvalue weighted by Crippen LogP contribution is 2.24. The molecule has 0 aliphatic heterocycles. The molecule has 0 saturated carbocycles. The molecular formula is C31H38ClN3O4S. The predicted molar refractivity (Wildman–Crippen MR) is 162 cm³/mol. The SMILES string of the molecule is Cc1ccccc1N(CCCC(=O)N(Cc1ccccc1Cl)[C@@H](Cc1ccccc1)C(=O)NC(C)C)S(C)(=O)=O. The van der Waals surface area contributed by atoms with Gasteiger partial charge >= 0.3 is 0 Å². The average Bonchev–Trinajstić information content (AvgIpc) is 2.89. The zero-order chi connectivity index (χ0) is 29.3. The van der Waals surface area contributed by atoms with Gasteiger partial charge in [-0.05, 0) is 56.0 Å². The molecule has 0 bridgehead atoms. The Morgan fingerprint density at radius 2 is 1.55 bits per heavy atom. The summed E-state index contributed by atoms with van der Waals surface area (Å²) < 4.78 is 26.6. The molecule has 0 fully saturated rings. The second kappa shape index (κ2) is 14.3. The van der Waals surface area contributed by atoms with Crippen LogP contribution in [0.25, 0.3) is 0 Å². The smallest absolute Gasteiger partial charge is 0.243 e. The number of rotatable bonds is 13. The first-order valence-corrected chi connectivity index (χ1v) is 15.6. The van der Waals surface area contributed by atoms with Gasteiger partial charge in [-0.3, -0.25) is 13.9 Å². The van der Waals surface area contributed by atoms with E-state index in [4.69, 9.17) is 11.6 Å². The van der Waals surface area contributed by atoms with E-state index in [1.54, 1.807) is 23.1 Å². The molecule has 0 aromatic heterocycles. The second-order valence-corrected chi connectivity index (χ2v) is 12.5. The molecule has 9 heteroatoms. The molecule has 0 saturated heterocycles. The Labute approximate surface area is 243 Å². The van der Waals surface area contributed by atoms with Crippen molar-refractivity contribution in [2.24, 2.45) is 0 Å². The largest absolute Gasteiger partial charge is 0.352 e. The van der Waals surface area contributed by atoms with Gasteiger partial charge in [0.05, 0.1) is 11.9 Å². The van der Waals surface area contributed by atoms with E-state index in [1.807, 2.05) is 81.4 Å². The van der Waals surface area contributed by atoms with Gasteiger partial charge in [-0.25, -0.2) is 8.42 Å². The molecule has 3 rings (SSSR count). The number of sulfonamides is 1. The van der Waals surface area contributed by atoms with Gasteiger partial charge in [-0.15, -0.1) is 0 Å². The van der Waals surface area contributed by atoms with Gasteiger partial charge in [0.15, 0.2) is 0 Å². The van der Waals surface area contributed by atoms with Crippen molar-refractivity contribution in [2.45, 2.75) is 58.7 Å². The minimum absolute atomic E-state index is 0.0581. The highest BCUT2D eigenvalue weighted by atomic mass is 35.5. The number of para-hydroxylation sites is 1. The van der Waals surface area contributed by atoms with E-state index >= 15 is 0 Å². The van der Waals surface area contributed by atoms with Crippen molar-refractivity contribution in [1.82, 2.24) is 10.2 Å². The number of hydrogen-bond acceptors (Lipinski definition) is 4. The number of benzene rings is 3. The second-order valence-electron chi connectivity index (χ2n) is 10.2. The lowest BCUT2D eigenvalue weighted by Gasteiger charge is -2.32. The monoisotopic (exact) mass is 583 g/mol. The first kappa shape index (κ1) is 31.2. The van der Waals surface area contributed by atoms with Crippen LogP contribution in [-0.4, -0.2) is 50.0 Å². The first-order valence-electron chi connectivity index (χ1n) is 13.4. The molecule has 214 valence electrons. The summed E-state index contributed by atoms with van der Waals surface area (Å²) >= 11 is 6.47. The van der Waals surface area contributed by atoms with Crippen LogP contribution in [0.15, 0.2) is 78.9 Å². The number of nitrogens with zero attached hydrogens (tertiary/aromatic N) is 2. The summed E-state index contributed by atoms with van der Waals surface area (Å²) in [6, 6.07) is 23.2. The van der Waals surface area contributed by atoms with Crippen LogP contribution in [0.2, 0.25) is 5.02 Å². The van der Waals surface area contributed by atoms with Gasteiger partial charge in [0.2, 0.25) is 21.8 Å². The van der Waals surface area contributed by atoms with E-state index in [2.05, 4.69) is 5.32 Å². The molecule has 1 atom stereocenters.